The number of amides is 1. The molecule has 0 radical (unpaired) electrons. The lowest BCUT2D eigenvalue weighted by molar-refractivity contribution is -0.123. The van der Waals surface area contributed by atoms with E-state index in [1.165, 1.54) is 10.9 Å². The number of carbonyl (C=O) groups is 1. The number of para-hydroxylation sites is 2. The van der Waals surface area contributed by atoms with Crippen molar-refractivity contribution in [2.75, 3.05) is 23.3 Å². The van der Waals surface area contributed by atoms with Crippen LogP contribution in [-0.2, 0) is 11.2 Å². The van der Waals surface area contributed by atoms with Gasteiger partial charge in [-0.05, 0) is 38.3 Å². The van der Waals surface area contributed by atoms with E-state index in [9.17, 15) is 9.59 Å². The van der Waals surface area contributed by atoms with Crippen LogP contribution < -0.4 is 20.5 Å². The van der Waals surface area contributed by atoms with Crippen LogP contribution in [0.3, 0.4) is 0 Å². The average molecular weight is 470 g/mol. The number of ether oxygens (including phenoxy) is 1. The van der Waals surface area contributed by atoms with Crippen LogP contribution in [0.15, 0.2) is 59.4 Å². The summed E-state index contributed by atoms with van der Waals surface area (Å²) in [5, 5.41) is 6.21. The third-order valence-electron chi connectivity index (χ3n) is 6.89. The molecule has 4 heterocycles. The van der Waals surface area contributed by atoms with Crippen LogP contribution in [0, 0.1) is 6.92 Å². The van der Waals surface area contributed by atoms with E-state index in [2.05, 4.69) is 15.3 Å². The van der Waals surface area contributed by atoms with E-state index in [1.807, 2.05) is 55.5 Å². The second-order valence-electron chi connectivity index (χ2n) is 9.19. The van der Waals surface area contributed by atoms with Gasteiger partial charge < -0.3 is 15.0 Å². The minimum Gasteiger partial charge on any atom is -0.478 e. The number of fused-ring (bicyclic) bond motifs is 2. The summed E-state index contributed by atoms with van der Waals surface area (Å²) in [5.74, 6) is 0.334. The molecule has 6 rings (SSSR count). The molecule has 8 heteroatoms. The van der Waals surface area contributed by atoms with E-state index >= 15 is 0 Å². The second kappa shape index (κ2) is 8.61. The minimum atomic E-state index is -0.804. The van der Waals surface area contributed by atoms with Crippen molar-refractivity contribution in [3.8, 4) is 17.0 Å². The van der Waals surface area contributed by atoms with Gasteiger partial charge in [0.25, 0.3) is 11.5 Å². The number of carbonyl (C=O) groups excluding carboxylic acids is 1. The number of nitrogens with one attached hydrogen (secondary N) is 2. The Labute approximate surface area is 202 Å². The molecule has 1 atom stereocenters. The molecule has 0 spiro atoms. The SMILES string of the molecule is Cc1nc2c(N3CCCCC3)c(-c3ccccc3)[nH]n2c(=O)c1CC1Oc2ccccc2NC1=O. The van der Waals surface area contributed by atoms with E-state index < -0.39 is 6.10 Å². The van der Waals surface area contributed by atoms with Gasteiger partial charge in [0, 0.05) is 36.3 Å². The molecule has 1 fully saturated rings. The van der Waals surface area contributed by atoms with Crippen LogP contribution in [-0.4, -0.2) is 39.7 Å². The molecule has 0 saturated carbocycles. The van der Waals surface area contributed by atoms with Crippen molar-refractivity contribution >= 4 is 22.9 Å². The van der Waals surface area contributed by atoms with Gasteiger partial charge in [-0.2, -0.15) is 4.52 Å². The van der Waals surface area contributed by atoms with Gasteiger partial charge in [0.2, 0.25) is 0 Å². The number of hydrogen-bond donors (Lipinski definition) is 2. The van der Waals surface area contributed by atoms with Crippen molar-refractivity contribution in [3.63, 3.8) is 0 Å². The third kappa shape index (κ3) is 3.75. The summed E-state index contributed by atoms with van der Waals surface area (Å²) in [7, 11) is 0. The van der Waals surface area contributed by atoms with Crippen LogP contribution in [0.2, 0.25) is 0 Å². The maximum atomic E-state index is 13.7. The minimum absolute atomic E-state index is 0.138. The molecule has 2 N–H and O–H groups in total. The van der Waals surface area contributed by atoms with Gasteiger partial charge in [-0.1, -0.05) is 42.5 Å². The van der Waals surface area contributed by atoms with Crippen LogP contribution in [0.4, 0.5) is 11.4 Å². The molecular weight excluding hydrogens is 442 g/mol. The van der Waals surface area contributed by atoms with Crippen LogP contribution >= 0.6 is 0 Å². The summed E-state index contributed by atoms with van der Waals surface area (Å²) in [6.07, 6.45) is 2.77. The summed E-state index contributed by atoms with van der Waals surface area (Å²) in [6.45, 7) is 3.69. The molecule has 2 aliphatic rings. The molecular formula is C27H27N5O3. The molecule has 1 saturated heterocycles. The van der Waals surface area contributed by atoms with Gasteiger partial charge >= 0.3 is 0 Å². The number of aryl methyl sites for hydroxylation is 1. The van der Waals surface area contributed by atoms with Crippen molar-refractivity contribution in [2.45, 2.75) is 38.7 Å². The normalized spacial score (nSPS) is 17.7. The molecule has 2 aromatic carbocycles. The Kier molecular flexibility index (Phi) is 5.28. The number of H-pyrrole nitrogens is 1. The lowest BCUT2D eigenvalue weighted by atomic mass is 10.1. The molecule has 178 valence electrons. The van der Waals surface area contributed by atoms with Gasteiger partial charge in [0.15, 0.2) is 11.8 Å². The number of hydrogen-bond acceptors (Lipinski definition) is 5. The smallest absolute Gasteiger partial charge is 0.276 e. The Morgan fingerprint density at radius 1 is 1.00 bits per heavy atom. The quantitative estimate of drug-likeness (QED) is 0.473. The maximum Gasteiger partial charge on any atom is 0.276 e. The fraction of sp³-hybridized carbons (Fsp3) is 0.296. The number of nitrogens with zero attached hydrogens (tertiary/aromatic N) is 3. The Morgan fingerprint density at radius 3 is 2.54 bits per heavy atom. The Balaban J connectivity index is 1.45. The predicted molar refractivity (Wildman–Crippen MR) is 135 cm³/mol. The first kappa shape index (κ1) is 21.5. The summed E-state index contributed by atoms with van der Waals surface area (Å²) >= 11 is 0. The predicted octanol–water partition coefficient (Wildman–Crippen LogP) is 3.93. The second-order valence-corrected chi connectivity index (χ2v) is 9.19. The molecule has 35 heavy (non-hydrogen) atoms. The Bertz CT molecular complexity index is 1470. The van der Waals surface area contributed by atoms with Gasteiger partial charge in [-0.3, -0.25) is 14.7 Å². The fourth-order valence-corrected chi connectivity index (χ4v) is 5.07. The highest BCUT2D eigenvalue weighted by Crippen LogP contribution is 2.35. The number of piperidine rings is 1. The number of aromatic amines is 1. The highest BCUT2D eigenvalue weighted by molar-refractivity contribution is 5.97. The van der Waals surface area contributed by atoms with Gasteiger partial charge in [0.05, 0.1) is 11.4 Å². The number of benzene rings is 2. The van der Waals surface area contributed by atoms with Crippen LogP contribution in [0.25, 0.3) is 16.9 Å². The van der Waals surface area contributed by atoms with E-state index in [-0.39, 0.29) is 17.9 Å². The fourth-order valence-electron chi connectivity index (χ4n) is 5.07. The lowest BCUT2D eigenvalue weighted by Gasteiger charge is -2.28. The lowest BCUT2D eigenvalue weighted by Crippen LogP contribution is -2.40. The first-order chi connectivity index (χ1) is 17.1. The zero-order chi connectivity index (χ0) is 23.9. The van der Waals surface area contributed by atoms with E-state index in [1.54, 1.807) is 6.07 Å². The van der Waals surface area contributed by atoms with E-state index in [4.69, 9.17) is 9.72 Å². The van der Waals surface area contributed by atoms with Crippen LogP contribution in [0.1, 0.15) is 30.5 Å². The van der Waals surface area contributed by atoms with Crippen molar-refractivity contribution in [2.24, 2.45) is 0 Å². The zero-order valence-corrected chi connectivity index (χ0v) is 19.6. The average Bonchev–Trinajstić information content (AvgIpc) is 3.27. The first-order valence-corrected chi connectivity index (χ1v) is 12.1. The van der Waals surface area contributed by atoms with Gasteiger partial charge in [-0.25, -0.2) is 4.98 Å². The van der Waals surface area contributed by atoms with Crippen molar-refractivity contribution < 1.29 is 9.53 Å². The van der Waals surface area contributed by atoms with Crippen molar-refractivity contribution in [1.29, 1.82) is 0 Å². The van der Waals surface area contributed by atoms with Gasteiger partial charge in [-0.15, -0.1) is 0 Å². The summed E-state index contributed by atoms with van der Waals surface area (Å²) < 4.78 is 7.49. The molecule has 0 aliphatic carbocycles. The maximum absolute atomic E-state index is 13.7. The summed E-state index contributed by atoms with van der Waals surface area (Å²) in [6, 6.07) is 17.3. The number of rotatable bonds is 4. The first-order valence-electron chi connectivity index (χ1n) is 12.1. The van der Waals surface area contributed by atoms with Crippen molar-refractivity contribution in [1.82, 2.24) is 14.6 Å². The molecule has 2 aliphatic heterocycles. The molecule has 8 nitrogen and oxygen atoms in total. The van der Waals surface area contributed by atoms with E-state index in [0.717, 1.165) is 42.9 Å². The molecule has 1 unspecified atom stereocenters. The van der Waals surface area contributed by atoms with Gasteiger partial charge in [0.1, 0.15) is 11.4 Å². The summed E-state index contributed by atoms with van der Waals surface area (Å²) in [5.41, 5.74) is 4.98. The highest BCUT2D eigenvalue weighted by atomic mass is 16.5. The molecule has 0 bridgehead atoms. The largest absolute Gasteiger partial charge is 0.478 e. The number of aromatic nitrogens is 3. The topological polar surface area (TPSA) is 91.7 Å². The Hall–Kier alpha value is -4.07. The van der Waals surface area contributed by atoms with Crippen molar-refractivity contribution in [3.05, 3.63) is 76.2 Å². The zero-order valence-electron chi connectivity index (χ0n) is 19.6. The molecule has 1 amide bonds. The van der Waals surface area contributed by atoms with E-state index in [0.29, 0.717) is 28.3 Å². The van der Waals surface area contributed by atoms with Crippen LogP contribution in [0.5, 0.6) is 5.75 Å². The molecule has 4 aromatic rings. The monoisotopic (exact) mass is 469 g/mol. The number of anilines is 2. The highest BCUT2D eigenvalue weighted by Gasteiger charge is 2.31. The summed E-state index contributed by atoms with van der Waals surface area (Å²) in [4.78, 5) is 33.7. The third-order valence-corrected chi connectivity index (χ3v) is 6.89. The standard InChI is InChI=1S/C27H27N5O3/c1-17-19(16-22-26(33)29-20-12-6-7-13-21(20)35-22)27(34)32-25(28-17)24(31-14-8-3-9-15-31)23(30-32)18-10-4-2-5-11-18/h2,4-7,10-13,22,30H,3,8-9,14-16H2,1H3,(H,29,33). The molecule has 2 aromatic heterocycles. The Morgan fingerprint density at radius 2 is 1.74 bits per heavy atom.